The van der Waals surface area contributed by atoms with Gasteiger partial charge in [-0.15, -0.1) is 0 Å². The highest BCUT2D eigenvalue weighted by molar-refractivity contribution is 6.04. The molecule has 2 aliphatic heterocycles. The Labute approximate surface area is 280 Å². The molecule has 4 amide bonds. The molecule has 2 unspecified atom stereocenters. The maximum atomic E-state index is 14.5. The fourth-order valence-corrected chi connectivity index (χ4v) is 5.94. The predicted octanol–water partition coefficient (Wildman–Crippen LogP) is 4.77. The molecular weight excluding hydrogens is 604 g/mol. The van der Waals surface area contributed by atoms with Gasteiger partial charge in [0.25, 0.3) is 5.91 Å². The molecule has 47 heavy (non-hydrogen) atoms. The Kier molecular flexibility index (Phi) is 12.3. The highest BCUT2D eigenvalue weighted by atomic mass is 16.6. The second-order valence-electron chi connectivity index (χ2n) is 14.9. The summed E-state index contributed by atoms with van der Waals surface area (Å²) in [5, 5.41) is 3.05. The van der Waals surface area contributed by atoms with E-state index in [0.717, 1.165) is 0 Å². The van der Waals surface area contributed by atoms with Crippen LogP contribution >= 0.6 is 0 Å². The van der Waals surface area contributed by atoms with Crippen LogP contribution in [0.15, 0.2) is 18.2 Å². The standard InChI is InChI=1S/C35H56N4O8/c1-12-45-22-34(7,8)36-29(40)24-18-25(21-37(20-24)32(43)47-33(4,5)6)30(41)39(23(2)3)26-14-15-28-27(19-26)38(16-13-17-44-11)31(42)35(9,10)46-28/h14-15,19,23-25H,12-13,16-18,20-22H2,1-11H3,(H,36,40). The van der Waals surface area contributed by atoms with Gasteiger partial charge in [0, 0.05) is 51.7 Å². The van der Waals surface area contributed by atoms with Crippen molar-refractivity contribution in [2.24, 2.45) is 11.8 Å². The quantitative estimate of drug-likeness (QED) is 0.318. The number of nitrogens with zero attached hydrogens (tertiary/aromatic N) is 3. The SMILES string of the molecule is CCOCC(C)(C)NC(=O)C1CC(C(=O)N(c2ccc3c(c2)N(CCCOC)C(=O)C(C)(C)O3)C(C)C)CN(C(=O)OC(C)(C)C)C1. The fourth-order valence-electron chi connectivity index (χ4n) is 5.94. The van der Waals surface area contributed by atoms with Crippen molar-refractivity contribution in [1.29, 1.82) is 0 Å². The number of benzene rings is 1. The Morgan fingerprint density at radius 2 is 1.77 bits per heavy atom. The van der Waals surface area contributed by atoms with Crippen LogP contribution in [0.5, 0.6) is 5.75 Å². The summed E-state index contributed by atoms with van der Waals surface area (Å²) in [5.74, 6) is -1.44. The molecule has 12 nitrogen and oxygen atoms in total. The molecule has 0 aromatic heterocycles. The van der Waals surface area contributed by atoms with E-state index in [1.54, 1.807) is 57.6 Å². The first kappa shape index (κ1) is 38.1. The first-order valence-corrected chi connectivity index (χ1v) is 16.6. The zero-order valence-corrected chi connectivity index (χ0v) is 30.2. The van der Waals surface area contributed by atoms with Gasteiger partial charge in [0.1, 0.15) is 11.4 Å². The van der Waals surface area contributed by atoms with Gasteiger partial charge < -0.3 is 39.0 Å². The molecule has 264 valence electrons. The summed E-state index contributed by atoms with van der Waals surface area (Å²) in [6.45, 7) is 20.3. The molecule has 3 rings (SSSR count). The third kappa shape index (κ3) is 9.82. The number of likely N-dealkylation sites (tertiary alicyclic amines) is 1. The lowest BCUT2D eigenvalue weighted by molar-refractivity contribution is -0.133. The number of hydrogen-bond acceptors (Lipinski definition) is 8. The van der Waals surface area contributed by atoms with Crippen LogP contribution in [0.4, 0.5) is 16.2 Å². The number of fused-ring (bicyclic) bond motifs is 1. The van der Waals surface area contributed by atoms with E-state index in [-0.39, 0.29) is 43.3 Å². The number of carbonyl (C=O) groups is 4. The van der Waals surface area contributed by atoms with E-state index in [0.29, 0.717) is 49.9 Å². The molecule has 1 saturated heterocycles. The normalized spacial score (nSPS) is 19.6. The fraction of sp³-hybridized carbons (Fsp3) is 0.714. The summed E-state index contributed by atoms with van der Waals surface area (Å²) in [6.07, 6.45) is 0.306. The number of nitrogens with one attached hydrogen (secondary N) is 1. The topological polar surface area (TPSA) is 127 Å². The van der Waals surface area contributed by atoms with Crippen LogP contribution in [0.25, 0.3) is 0 Å². The average Bonchev–Trinajstić information content (AvgIpc) is 2.96. The number of piperidine rings is 1. The van der Waals surface area contributed by atoms with Crippen LogP contribution in [-0.2, 0) is 28.6 Å². The van der Waals surface area contributed by atoms with E-state index in [4.69, 9.17) is 18.9 Å². The second-order valence-corrected chi connectivity index (χ2v) is 14.9. The van der Waals surface area contributed by atoms with Crippen LogP contribution in [0.3, 0.4) is 0 Å². The highest BCUT2D eigenvalue weighted by Crippen LogP contribution is 2.41. The summed E-state index contributed by atoms with van der Waals surface area (Å²) in [4.78, 5) is 59.7. The Balaban J connectivity index is 1.97. The molecular formula is C35H56N4O8. The minimum atomic E-state index is -1.05. The van der Waals surface area contributed by atoms with Crippen molar-refractivity contribution in [2.45, 2.75) is 105 Å². The van der Waals surface area contributed by atoms with Crippen molar-refractivity contribution in [3.05, 3.63) is 18.2 Å². The van der Waals surface area contributed by atoms with Gasteiger partial charge in [-0.1, -0.05) is 0 Å². The number of anilines is 2. The van der Waals surface area contributed by atoms with Crippen LogP contribution in [-0.4, -0.2) is 98.1 Å². The van der Waals surface area contributed by atoms with Crippen LogP contribution in [0, 0.1) is 11.8 Å². The Bertz CT molecular complexity index is 1290. The summed E-state index contributed by atoms with van der Waals surface area (Å²) >= 11 is 0. The summed E-state index contributed by atoms with van der Waals surface area (Å²) < 4.78 is 22.5. The molecule has 1 aromatic rings. The molecule has 12 heteroatoms. The van der Waals surface area contributed by atoms with E-state index in [1.807, 2.05) is 46.8 Å². The van der Waals surface area contributed by atoms with Gasteiger partial charge in [-0.3, -0.25) is 14.4 Å². The Hall–Kier alpha value is -3.38. The van der Waals surface area contributed by atoms with E-state index in [1.165, 1.54) is 4.90 Å². The number of methoxy groups -OCH3 is 1. The molecule has 0 saturated carbocycles. The molecule has 1 fully saturated rings. The van der Waals surface area contributed by atoms with Crippen LogP contribution < -0.4 is 19.9 Å². The molecule has 2 aliphatic rings. The number of rotatable bonds is 12. The van der Waals surface area contributed by atoms with E-state index in [2.05, 4.69) is 5.32 Å². The van der Waals surface area contributed by atoms with Crippen molar-refractivity contribution >= 4 is 35.2 Å². The third-order valence-corrected chi connectivity index (χ3v) is 8.07. The lowest BCUT2D eigenvalue weighted by atomic mass is 9.86. The first-order valence-electron chi connectivity index (χ1n) is 16.6. The van der Waals surface area contributed by atoms with Crippen molar-refractivity contribution in [3.63, 3.8) is 0 Å². The average molecular weight is 661 g/mol. The minimum absolute atomic E-state index is 0.104. The Morgan fingerprint density at radius 1 is 1.11 bits per heavy atom. The molecule has 2 heterocycles. The van der Waals surface area contributed by atoms with Crippen LogP contribution in [0.1, 0.15) is 82.1 Å². The highest BCUT2D eigenvalue weighted by Gasteiger charge is 2.43. The van der Waals surface area contributed by atoms with Gasteiger partial charge >= 0.3 is 6.09 Å². The summed E-state index contributed by atoms with van der Waals surface area (Å²) in [6, 6.07) is 5.14. The van der Waals surface area contributed by atoms with E-state index < -0.39 is 34.7 Å². The number of ether oxygens (including phenoxy) is 4. The molecule has 0 bridgehead atoms. The van der Waals surface area contributed by atoms with Crippen LogP contribution in [0.2, 0.25) is 0 Å². The molecule has 0 spiro atoms. The van der Waals surface area contributed by atoms with Gasteiger partial charge in [0.05, 0.1) is 29.7 Å². The van der Waals surface area contributed by atoms with Gasteiger partial charge in [0.2, 0.25) is 11.8 Å². The predicted molar refractivity (Wildman–Crippen MR) is 181 cm³/mol. The minimum Gasteiger partial charge on any atom is -0.476 e. The summed E-state index contributed by atoms with van der Waals surface area (Å²) in [5.41, 5.74) is -1.27. The number of amides is 4. The smallest absolute Gasteiger partial charge is 0.410 e. The van der Waals surface area contributed by atoms with Gasteiger partial charge in [-0.25, -0.2) is 4.79 Å². The van der Waals surface area contributed by atoms with Crippen molar-refractivity contribution in [3.8, 4) is 5.75 Å². The molecule has 2 atom stereocenters. The van der Waals surface area contributed by atoms with Gasteiger partial charge in [-0.05, 0) is 100 Å². The summed E-state index contributed by atoms with van der Waals surface area (Å²) in [7, 11) is 1.62. The number of carbonyl (C=O) groups excluding carboxylic acids is 4. The third-order valence-electron chi connectivity index (χ3n) is 8.07. The first-order chi connectivity index (χ1) is 21.8. The molecule has 0 aliphatic carbocycles. The lowest BCUT2D eigenvalue weighted by Gasteiger charge is -2.41. The van der Waals surface area contributed by atoms with Crippen molar-refractivity contribution in [2.75, 3.05) is 56.4 Å². The van der Waals surface area contributed by atoms with E-state index in [9.17, 15) is 19.2 Å². The number of hydrogen-bond donors (Lipinski definition) is 1. The monoisotopic (exact) mass is 660 g/mol. The Morgan fingerprint density at radius 3 is 2.36 bits per heavy atom. The van der Waals surface area contributed by atoms with Gasteiger partial charge in [0.15, 0.2) is 5.60 Å². The zero-order chi connectivity index (χ0) is 35.3. The lowest BCUT2D eigenvalue weighted by Crippen LogP contribution is -2.57. The maximum absolute atomic E-state index is 14.5. The van der Waals surface area contributed by atoms with Gasteiger partial charge in [-0.2, -0.15) is 0 Å². The van der Waals surface area contributed by atoms with Crippen molar-refractivity contribution in [1.82, 2.24) is 10.2 Å². The van der Waals surface area contributed by atoms with Crippen molar-refractivity contribution < 1.29 is 38.1 Å². The van der Waals surface area contributed by atoms with E-state index >= 15 is 0 Å². The largest absolute Gasteiger partial charge is 0.476 e. The molecule has 1 aromatic carbocycles. The second kappa shape index (κ2) is 15.2. The molecule has 1 N–H and O–H groups in total. The maximum Gasteiger partial charge on any atom is 0.410 e. The zero-order valence-electron chi connectivity index (χ0n) is 30.2. The molecule has 0 radical (unpaired) electrons.